The van der Waals surface area contributed by atoms with E-state index in [9.17, 15) is 9.59 Å². The number of anilines is 1. The van der Waals surface area contributed by atoms with E-state index in [1.54, 1.807) is 31.4 Å². The molecule has 1 amide bonds. The summed E-state index contributed by atoms with van der Waals surface area (Å²) < 4.78 is 5.20. The Morgan fingerprint density at radius 1 is 0.967 bits per heavy atom. The van der Waals surface area contributed by atoms with Crippen LogP contribution in [-0.4, -0.2) is 18.8 Å². The van der Waals surface area contributed by atoms with E-state index in [1.165, 1.54) is 0 Å². The van der Waals surface area contributed by atoms with Gasteiger partial charge in [0.05, 0.1) is 12.5 Å². The molecular weight excluding hydrogens is 374 g/mol. The van der Waals surface area contributed by atoms with Gasteiger partial charge in [-0.05, 0) is 41.5 Å². The molecule has 0 radical (unpaired) electrons. The number of carbonyl (C=O) groups excluding carboxylic acids is 2. The molecule has 0 bridgehead atoms. The average molecular weight is 395 g/mol. The maximum absolute atomic E-state index is 13.5. The first-order valence-corrected chi connectivity index (χ1v) is 9.98. The standard InChI is InChI=1S/C26H21NO3/c1-30-19-14-12-18(13-15-19)24(28)23-21(16-11-17-7-3-2-4-8-17)26(23)20-9-5-6-10-22(20)27-25(26)29/h2-16,21,23H,1H3,(H,27,29)/b16-11+/t21-,23+,26?/m0/s1. The van der Waals surface area contributed by atoms with Crippen molar-refractivity contribution in [3.8, 4) is 5.75 Å². The van der Waals surface area contributed by atoms with Crippen LogP contribution in [0.25, 0.3) is 6.08 Å². The van der Waals surface area contributed by atoms with E-state index < -0.39 is 11.3 Å². The summed E-state index contributed by atoms with van der Waals surface area (Å²) in [5.74, 6) is -0.0579. The fourth-order valence-electron chi connectivity index (χ4n) is 4.70. The van der Waals surface area contributed by atoms with E-state index in [1.807, 2.05) is 66.7 Å². The highest BCUT2D eigenvalue weighted by Crippen LogP contribution is 2.66. The van der Waals surface area contributed by atoms with Gasteiger partial charge in [-0.2, -0.15) is 0 Å². The molecule has 1 aliphatic heterocycles. The number of Topliss-reactive ketones (excluding diaryl/α,β-unsaturated/α-hetero) is 1. The molecule has 5 rings (SSSR count). The predicted molar refractivity (Wildman–Crippen MR) is 117 cm³/mol. The molecule has 1 unspecified atom stereocenters. The number of hydrogen-bond donors (Lipinski definition) is 1. The van der Waals surface area contributed by atoms with Crippen LogP contribution < -0.4 is 10.1 Å². The van der Waals surface area contributed by atoms with Crippen LogP contribution in [0.15, 0.2) is 84.9 Å². The first kappa shape index (κ1) is 18.4. The van der Waals surface area contributed by atoms with Crippen molar-refractivity contribution in [1.29, 1.82) is 0 Å². The van der Waals surface area contributed by atoms with E-state index in [-0.39, 0.29) is 17.6 Å². The van der Waals surface area contributed by atoms with Crippen LogP contribution in [0.5, 0.6) is 5.75 Å². The molecule has 3 aromatic rings. The number of amides is 1. The number of ether oxygens (including phenoxy) is 1. The van der Waals surface area contributed by atoms with Crippen molar-refractivity contribution in [2.75, 3.05) is 12.4 Å². The minimum Gasteiger partial charge on any atom is -0.497 e. The zero-order valence-corrected chi connectivity index (χ0v) is 16.5. The molecule has 4 nitrogen and oxygen atoms in total. The van der Waals surface area contributed by atoms with Crippen LogP contribution in [0.3, 0.4) is 0 Å². The quantitative estimate of drug-likeness (QED) is 0.636. The van der Waals surface area contributed by atoms with Gasteiger partial charge in [-0.3, -0.25) is 9.59 Å². The molecule has 148 valence electrons. The van der Waals surface area contributed by atoms with Crippen LogP contribution in [0.1, 0.15) is 21.5 Å². The number of benzene rings is 3. The Bertz CT molecular complexity index is 1150. The third kappa shape index (κ3) is 2.68. The Morgan fingerprint density at radius 3 is 2.40 bits per heavy atom. The molecule has 30 heavy (non-hydrogen) atoms. The van der Waals surface area contributed by atoms with Gasteiger partial charge in [-0.15, -0.1) is 0 Å². The molecule has 1 spiro atoms. The monoisotopic (exact) mass is 395 g/mol. The maximum atomic E-state index is 13.5. The molecule has 2 aliphatic rings. The normalized spacial score (nSPS) is 24.0. The first-order chi connectivity index (χ1) is 14.7. The summed E-state index contributed by atoms with van der Waals surface area (Å²) in [5.41, 5.74) is 2.49. The molecule has 3 atom stereocenters. The number of allylic oxidation sites excluding steroid dienone is 1. The number of rotatable bonds is 5. The van der Waals surface area contributed by atoms with Gasteiger partial charge < -0.3 is 10.1 Å². The van der Waals surface area contributed by atoms with Crippen molar-refractivity contribution < 1.29 is 14.3 Å². The molecule has 1 saturated carbocycles. The van der Waals surface area contributed by atoms with Gasteiger partial charge in [0.15, 0.2) is 5.78 Å². The zero-order chi connectivity index (χ0) is 20.7. The first-order valence-electron chi connectivity index (χ1n) is 9.98. The summed E-state index contributed by atoms with van der Waals surface area (Å²) in [4.78, 5) is 26.7. The molecule has 1 fully saturated rings. The lowest BCUT2D eigenvalue weighted by molar-refractivity contribution is -0.118. The van der Waals surface area contributed by atoms with Gasteiger partial charge in [-0.1, -0.05) is 60.7 Å². The van der Waals surface area contributed by atoms with E-state index in [4.69, 9.17) is 4.74 Å². The van der Waals surface area contributed by atoms with Crippen molar-refractivity contribution in [2.45, 2.75) is 5.41 Å². The number of hydrogen-bond acceptors (Lipinski definition) is 3. The van der Waals surface area contributed by atoms with Crippen LogP contribution >= 0.6 is 0 Å². The molecule has 3 aromatic carbocycles. The van der Waals surface area contributed by atoms with Crippen LogP contribution in [0.2, 0.25) is 0 Å². The Balaban J connectivity index is 1.56. The molecule has 1 aliphatic carbocycles. The van der Waals surface area contributed by atoms with Crippen LogP contribution in [-0.2, 0) is 10.2 Å². The van der Waals surface area contributed by atoms with Gasteiger partial charge in [0.2, 0.25) is 5.91 Å². The Labute approximate surface area is 175 Å². The highest BCUT2D eigenvalue weighted by atomic mass is 16.5. The number of para-hydroxylation sites is 1. The van der Waals surface area contributed by atoms with Gasteiger partial charge in [0.1, 0.15) is 5.75 Å². The summed E-state index contributed by atoms with van der Waals surface area (Å²) in [5, 5.41) is 2.99. The highest BCUT2D eigenvalue weighted by Gasteiger charge is 2.74. The molecule has 4 heteroatoms. The second kappa shape index (κ2) is 6.99. The summed E-state index contributed by atoms with van der Waals surface area (Å²) in [7, 11) is 1.59. The lowest BCUT2D eigenvalue weighted by Gasteiger charge is -2.08. The van der Waals surface area contributed by atoms with Crippen LogP contribution in [0, 0.1) is 11.8 Å². The Hall–Kier alpha value is -3.66. The number of carbonyl (C=O) groups is 2. The average Bonchev–Trinajstić information content (AvgIpc) is 3.38. The summed E-state index contributed by atoms with van der Waals surface area (Å²) >= 11 is 0. The summed E-state index contributed by atoms with van der Waals surface area (Å²) in [6.45, 7) is 0. The van der Waals surface area contributed by atoms with Crippen molar-refractivity contribution in [2.24, 2.45) is 11.8 Å². The molecular formula is C26H21NO3. The lowest BCUT2D eigenvalue weighted by atomic mass is 9.91. The van der Waals surface area contributed by atoms with E-state index in [0.29, 0.717) is 11.3 Å². The topological polar surface area (TPSA) is 55.4 Å². The van der Waals surface area contributed by atoms with Gasteiger partial charge in [0, 0.05) is 23.1 Å². The Kier molecular flexibility index (Phi) is 4.28. The minimum absolute atomic E-state index is 0.0211. The summed E-state index contributed by atoms with van der Waals surface area (Å²) in [6.07, 6.45) is 4.02. The van der Waals surface area contributed by atoms with Crippen molar-refractivity contribution in [3.05, 3.63) is 102 Å². The number of nitrogens with one attached hydrogen (secondary N) is 1. The van der Waals surface area contributed by atoms with Crippen molar-refractivity contribution >= 4 is 23.5 Å². The van der Waals surface area contributed by atoms with Gasteiger partial charge in [-0.25, -0.2) is 0 Å². The van der Waals surface area contributed by atoms with Crippen LogP contribution in [0.4, 0.5) is 5.69 Å². The fraction of sp³-hybridized carbons (Fsp3) is 0.154. The zero-order valence-electron chi connectivity index (χ0n) is 16.5. The van der Waals surface area contributed by atoms with Gasteiger partial charge >= 0.3 is 0 Å². The second-order valence-electron chi connectivity index (χ2n) is 7.73. The molecule has 0 saturated heterocycles. The van der Waals surface area contributed by atoms with E-state index >= 15 is 0 Å². The van der Waals surface area contributed by atoms with Gasteiger partial charge in [0.25, 0.3) is 0 Å². The number of methoxy groups -OCH3 is 1. The Morgan fingerprint density at radius 2 is 1.67 bits per heavy atom. The largest absolute Gasteiger partial charge is 0.497 e. The third-order valence-electron chi connectivity index (χ3n) is 6.22. The maximum Gasteiger partial charge on any atom is 0.236 e. The lowest BCUT2D eigenvalue weighted by Crippen LogP contribution is -2.25. The minimum atomic E-state index is -0.848. The predicted octanol–water partition coefficient (Wildman–Crippen LogP) is 4.73. The summed E-state index contributed by atoms with van der Waals surface area (Å²) in [6, 6.07) is 24.7. The SMILES string of the molecule is COc1ccc(C(=O)[C@H]2[C@H](/C=C/c3ccccc3)C23C(=O)Nc2ccccc23)cc1. The smallest absolute Gasteiger partial charge is 0.236 e. The highest BCUT2D eigenvalue weighted by molar-refractivity contribution is 6.16. The number of ketones is 1. The van der Waals surface area contributed by atoms with Crippen molar-refractivity contribution in [3.63, 3.8) is 0 Å². The molecule has 1 heterocycles. The van der Waals surface area contributed by atoms with E-state index in [2.05, 4.69) is 5.32 Å². The fourth-order valence-corrected chi connectivity index (χ4v) is 4.70. The molecule has 0 aromatic heterocycles. The van der Waals surface area contributed by atoms with Crippen molar-refractivity contribution in [1.82, 2.24) is 0 Å². The molecule has 1 N–H and O–H groups in total. The number of fused-ring (bicyclic) bond motifs is 2. The third-order valence-corrected chi connectivity index (χ3v) is 6.22. The second-order valence-corrected chi connectivity index (χ2v) is 7.73. The van der Waals surface area contributed by atoms with E-state index in [0.717, 1.165) is 16.8 Å².